The van der Waals surface area contributed by atoms with Crippen LogP contribution in [0.25, 0.3) is 0 Å². The van der Waals surface area contributed by atoms with E-state index in [2.05, 4.69) is 43.0 Å². The van der Waals surface area contributed by atoms with Crippen molar-refractivity contribution in [1.29, 1.82) is 0 Å². The molecular formula is C20H34N4O2. The van der Waals surface area contributed by atoms with Gasteiger partial charge in [-0.1, -0.05) is 27.7 Å². The molecule has 3 N–H and O–H groups in total. The summed E-state index contributed by atoms with van der Waals surface area (Å²) in [5.41, 5.74) is 6.81. The summed E-state index contributed by atoms with van der Waals surface area (Å²) in [6, 6.07) is 0.346. The fourth-order valence-corrected chi connectivity index (χ4v) is 3.24. The Hall–Kier alpha value is -1.69. The molecule has 1 heterocycles. The average molecular weight is 363 g/mol. The zero-order valence-electron chi connectivity index (χ0n) is 16.8. The van der Waals surface area contributed by atoms with Gasteiger partial charge in [0.1, 0.15) is 0 Å². The lowest BCUT2D eigenvalue weighted by Crippen LogP contribution is -2.31. The average Bonchev–Trinajstić information content (AvgIpc) is 2.56. The minimum atomic E-state index is -0.468. The smallest absolute Gasteiger partial charge is 0.252 e. The molecule has 0 unspecified atom stereocenters. The largest absolute Gasteiger partial charge is 0.379 e. The number of ether oxygens (including phenoxy) is 1. The van der Waals surface area contributed by atoms with Gasteiger partial charge in [-0.2, -0.15) is 0 Å². The van der Waals surface area contributed by atoms with Crippen molar-refractivity contribution in [2.75, 3.05) is 11.9 Å². The molecule has 146 valence electrons. The predicted molar refractivity (Wildman–Crippen MR) is 104 cm³/mol. The molecule has 6 heteroatoms. The van der Waals surface area contributed by atoms with E-state index in [-0.39, 0.29) is 5.41 Å². The summed E-state index contributed by atoms with van der Waals surface area (Å²) < 4.78 is 5.71. The van der Waals surface area contributed by atoms with E-state index in [1.807, 2.05) is 6.92 Å². The second kappa shape index (κ2) is 8.80. The summed E-state index contributed by atoms with van der Waals surface area (Å²) in [6.07, 6.45) is 6.83. The molecule has 1 aliphatic rings. The number of carbonyl (C=O) groups excluding carboxylic acids is 1. The molecule has 1 fully saturated rings. The summed E-state index contributed by atoms with van der Waals surface area (Å²) in [7, 11) is 0. The first-order valence-electron chi connectivity index (χ1n) is 9.74. The van der Waals surface area contributed by atoms with Crippen molar-refractivity contribution in [3.63, 3.8) is 0 Å². The van der Waals surface area contributed by atoms with Gasteiger partial charge in [0, 0.05) is 18.8 Å². The van der Waals surface area contributed by atoms with E-state index >= 15 is 0 Å². The minimum Gasteiger partial charge on any atom is -0.379 e. The van der Waals surface area contributed by atoms with Gasteiger partial charge in [-0.05, 0) is 50.4 Å². The summed E-state index contributed by atoms with van der Waals surface area (Å²) in [5.74, 6) is 0.487. The van der Waals surface area contributed by atoms with Gasteiger partial charge >= 0.3 is 0 Å². The number of anilines is 1. The highest BCUT2D eigenvalue weighted by Gasteiger charge is 2.25. The molecule has 26 heavy (non-hydrogen) atoms. The van der Waals surface area contributed by atoms with Crippen LogP contribution >= 0.6 is 0 Å². The number of amides is 1. The molecule has 1 aromatic rings. The van der Waals surface area contributed by atoms with Gasteiger partial charge in [0.25, 0.3) is 5.91 Å². The highest BCUT2D eigenvalue weighted by atomic mass is 16.5. The Labute approximate surface area is 157 Å². The third-order valence-corrected chi connectivity index (χ3v) is 5.52. The lowest BCUT2D eigenvalue weighted by Gasteiger charge is -2.29. The van der Waals surface area contributed by atoms with Gasteiger partial charge in [-0.3, -0.25) is 4.79 Å². The molecule has 2 rings (SSSR count). The van der Waals surface area contributed by atoms with Gasteiger partial charge in [-0.25, -0.2) is 9.97 Å². The van der Waals surface area contributed by atoms with Crippen molar-refractivity contribution in [2.45, 2.75) is 78.9 Å². The van der Waals surface area contributed by atoms with E-state index in [0.29, 0.717) is 36.0 Å². The van der Waals surface area contributed by atoms with Crippen LogP contribution in [0, 0.1) is 11.3 Å². The van der Waals surface area contributed by atoms with Gasteiger partial charge in [0.05, 0.1) is 17.4 Å². The van der Waals surface area contributed by atoms with Crippen molar-refractivity contribution >= 4 is 11.9 Å². The maximum absolute atomic E-state index is 11.8. The lowest BCUT2D eigenvalue weighted by molar-refractivity contribution is 0.0346. The Kier molecular flexibility index (Phi) is 6.98. The van der Waals surface area contributed by atoms with Crippen LogP contribution in [-0.2, 0) is 11.2 Å². The monoisotopic (exact) mass is 362 g/mol. The molecule has 1 saturated carbocycles. The fourth-order valence-electron chi connectivity index (χ4n) is 3.24. The third-order valence-electron chi connectivity index (χ3n) is 5.52. The molecule has 0 bridgehead atoms. The van der Waals surface area contributed by atoms with E-state index in [4.69, 9.17) is 10.5 Å². The van der Waals surface area contributed by atoms with Crippen LogP contribution in [0.2, 0.25) is 0 Å². The van der Waals surface area contributed by atoms with Gasteiger partial charge < -0.3 is 15.8 Å². The molecule has 1 aromatic heterocycles. The van der Waals surface area contributed by atoms with Gasteiger partial charge in [0.15, 0.2) is 0 Å². The van der Waals surface area contributed by atoms with Gasteiger partial charge in [0.2, 0.25) is 5.95 Å². The van der Waals surface area contributed by atoms with Crippen LogP contribution in [0.3, 0.4) is 0 Å². The molecule has 0 radical (unpaired) electrons. The second-order valence-corrected chi connectivity index (χ2v) is 8.46. The number of primary amides is 1. The molecule has 0 aliphatic heterocycles. The van der Waals surface area contributed by atoms with Crippen molar-refractivity contribution < 1.29 is 9.53 Å². The van der Waals surface area contributed by atoms with Crippen molar-refractivity contribution in [3.8, 4) is 0 Å². The van der Waals surface area contributed by atoms with Crippen LogP contribution in [-0.4, -0.2) is 34.6 Å². The summed E-state index contributed by atoms with van der Waals surface area (Å²) in [5, 5.41) is 3.43. The zero-order valence-corrected chi connectivity index (χ0v) is 16.8. The van der Waals surface area contributed by atoms with Crippen LogP contribution in [0.4, 0.5) is 5.95 Å². The number of nitrogens with one attached hydrogen (secondary N) is 1. The lowest BCUT2D eigenvalue weighted by atomic mass is 9.79. The molecule has 0 spiro atoms. The topological polar surface area (TPSA) is 90.1 Å². The summed E-state index contributed by atoms with van der Waals surface area (Å²) >= 11 is 0. The van der Waals surface area contributed by atoms with Crippen molar-refractivity contribution in [3.05, 3.63) is 17.5 Å². The van der Waals surface area contributed by atoms with E-state index in [1.165, 1.54) is 0 Å². The second-order valence-electron chi connectivity index (χ2n) is 8.46. The first-order chi connectivity index (χ1) is 12.2. The highest BCUT2D eigenvalue weighted by molar-refractivity contribution is 5.93. The maximum Gasteiger partial charge on any atom is 0.252 e. The van der Waals surface area contributed by atoms with Crippen LogP contribution < -0.4 is 11.1 Å². The SMILES string of the molecule is CCOC1CCC(Nc2ncc(C(N)=O)c(C[C@@H](C)C(C)(C)C)n2)CC1. The number of carbonyl (C=O) groups is 1. The first-order valence-corrected chi connectivity index (χ1v) is 9.74. The number of nitrogens with zero attached hydrogens (tertiary/aromatic N) is 2. The number of rotatable bonds is 7. The zero-order chi connectivity index (χ0) is 19.3. The predicted octanol–water partition coefficient (Wildman–Crippen LogP) is 3.56. The Balaban J connectivity index is 2.08. The number of hydrogen-bond acceptors (Lipinski definition) is 5. The Morgan fingerprint density at radius 1 is 1.35 bits per heavy atom. The van der Waals surface area contributed by atoms with Gasteiger partial charge in [-0.15, -0.1) is 0 Å². The Morgan fingerprint density at radius 3 is 2.54 bits per heavy atom. The Morgan fingerprint density at radius 2 is 2.00 bits per heavy atom. The van der Waals surface area contributed by atoms with E-state index in [9.17, 15) is 4.79 Å². The van der Waals surface area contributed by atoms with E-state index in [0.717, 1.165) is 38.0 Å². The quantitative estimate of drug-likeness (QED) is 0.774. The molecule has 1 aliphatic carbocycles. The minimum absolute atomic E-state index is 0.130. The molecule has 6 nitrogen and oxygen atoms in total. The molecule has 0 saturated heterocycles. The van der Waals surface area contributed by atoms with Crippen molar-refractivity contribution in [1.82, 2.24) is 9.97 Å². The molecular weight excluding hydrogens is 328 g/mol. The standard InChI is InChI=1S/C20H34N4O2/c1-6-26-15-9-7-14(8-10-15)23-19-22-12-16(18(21)25)17(24-19)11-13(2)20(3,4)5/h12-15H,6-11H2,1-5H3,(H2,21,25)(H,22,23,24)/t13-,14?,15?/m1/s1. The Bertz CT molecular complexity index is 604. The fraction of sp³-hybridized carbons (Fsp3) is 0.750. The summed E-state index contributed by atoms with van der Waals surface area (Å²) in [4.78, 5) is 20.7. The summed E-state index contributed by atoms with van der Waals surface area (Å²) in [6.45, 7) is 11.6. The van der Waals surface area contributed by atoms with E-state index in [1.54, 1.807) is 6.20 Å². The molecule has 1 atom stereocenters. The van der Waals surface area contributed by atoms with Crippen LogP contribution in [0.1, 0.15) is 76.4 Å². The van der Waals surface area contributed by atoms with Crippen LogP contribution in [0.5, 0.6) is 0 Å². The molecule has 0 aromatic carbocycles. The third kappa shape index (κ3) is 5.66. The maximum atomic E-state index is 11.8. The molecule has 1 amide bonds. The van der Waals surface area contributed by atoms with E-state index < -0.39 is 5.91 Å². The first kappa shape index (κ1) is 20.6. The normalized spacial score (nSPS) is 22.0. The number of nitrogens with two attached hydrogens (primary N) is 1. The van der Waals surface area contributed by atoms with Crippen molar-refractivity contribution in [2.24, 2.45) is 17.1 Å². The highest BCUT2D eigenvalue weighted by Crippen LogP contribution is 2.29. The van der Waals surface area contributed by atoms with Crippen LogP contribution in [0.15, 0.2) is 6.20 Å². The number of aromatic nitrogens is 2. The number of hydrogen-bond donors (Lipinski definition) is 2.